The van der Waals surface area contributed by atoms with Crippen molar-refractivity contribution in [2.75, 3.05) is 4.90 Å². The van der Waals surface area contributed by atoms with Crippen LogP contribution in [0.4, 0.5) is 5.69 Å². The molecule has 1 atom stereocenters. The Kier molecular flexibility index (Phi) is 3.85. The van der Waals surface area contributed by atoms with Crippen molar-refractivity contribution in [3.05, 3.63) is 76.8 Å². The lowest BCUT2D eigenvalue weighted by molar-refractivity contribution is 0.0975. The van der Waals surface area contributed by atoms with E-state index in [4.69, 9.17) is 11.6 Å². The van der Waals surface area contributed by atoms with Crippen LogP contribution in [0, 0.1) is 0 Å². The molecule has 26 heavy (non-hydrogen) atoms. The van der Waals surface area contributed by atoms with Gasteiger partial charge in [-0.1, -0.05) is 41.9 Å². The first-order chi connectivity index (χ1) is 12.5. The zero-order chi connectivity index (χ0) is 18.4. The van der Waals surface area contributed by atoms with Crippen molar-refractivity contribution in [2.45, 2.75) is 13.0 Å². The molecule has 130 valence electrons. The van der Waals surface area contributed by atoms with Crippen molar-refractivity contribution in [3.8, 4) is 22.6 Å². The number of amides is 1. The van der Waals surface area contributed by atoms with Gasteiger partial charge >= 0.3 is 0 Å². The Balaban J connectivity index is 1.92. The van der Waals surface area contributed by atoms with Crippen molar-refractivity contribution < 1.29 is 15.0 Å². The largest absolute Gasteiger partial charge is 0.508 e. The molecule has 0 fully saturated rings. The molecule has 0 saturated heterocycles. The van der Waals surface area contributed by atoms with E-state index in [-0.39, 0.29) is 29.0 Å². The fourth-order valence-corrected chi connectivity index (χ4v) is 3.67. The normalized spacial score (nSPS) is 15.3. The van der Waals surface area contributed by atoms with Crippen LogP contribution in [-0.2, 0) is 0 Å². The van der Waals surface area contributed by atoms with E-state index >= 15 is 0 Å². The summed E-state index contributed by atoms with van der Waals surface area (Å²) in [7, 11) is 0. The predicted octanol–water partition coefficient (Wildman–Crippen LogP) is 5.14. The maximum absolute atomic E-state index is 13.3. The molecule has 0 spiro atoms. The van der Waals surface area contributed by atoms with Gasteiger partial charge in [-0.2, -0.15) is 0 Å². The topological polar surface area (TPSA) is 60.8 Å². The Bertz CT molecular complexity index is 1030. The number of nitrogens with zero attached hydrogens (tertiary/aromatic N) is 1. The van der Waals surface area contributed by atoms with E-state index in [0.29, 0.717) is 10.7 Å². The molecule has 3 aromatic rings. The van der Waals surface area contributed by atoms with Gasteiger partial charge in [0.25, 0.3) is 5.91 Å². The Morgan fingerprint density at radius 2 is 1.77 bits per heavy atom. The van der Waals surface area contributed by atoms with Crippen LogP contribution in [0.3, 0.4) is 0 Å². The van der Waals surface area contributed by atoms with Gasteiger partial charge in [-0.05, 0) is 42.3 Å². The van der Waals surface area contributed by atoms with Crippen LogP contribution in [0.2, 0.25) is 5.02 Å². The Labute approximate surface area is 155 Å². The summed E-state index contributed by atoms with van der Waals surface area (Å²) in [5.74, 6) is -0.711. The molecule has 0 bridgehead atoms. The number of phenols is 2. The Morgan fingerprint density at radius 3 is 2.54 bits per heavy atom. The van der Waals surface area contributed by atoms with E-state index in [0.717, 1.165) is 22.8 Å². The van der Waals surface area contributed by atoms with E-state index < -0.39 is 0 Å². The van der Waals surface area contributed by atoms with Crippen molar-refractivity contribution in [2.24, 2.45) is 0 Å². The smallest absolute Gasteiger partial charge is 0.262 e. The number of phenolic OH excluding ortho intramolecular Hbond substituents is 2. The number of fused-ring (bicyclic) bond motifs is 3. The maximum atomic E-state index is 13.3. The number of aromatic hydroxyl groups is 2. The first-order valence-electron chi connectivity index (χ1n) is 8.22. The van der Waals surface area contributed by atoms with Crippen LogP contribution < -0.4 is 4.90 Å². The molecule has 4 nitrogen and oxygen atoms in total. The molecule has 0 saturated carbocycles. The van der Waals surface area contributed by atoms with E-state index in [1.54, 1.807) is 17.0 Å². The fourth-order valence-electron chi connectivity index (χ4n) is 3.50. The predicted molar refractivity (Wildman–Crippen MR) is 102 cm³/mol. The summed E-state index contributed by atoms with van der Waals surface area (Å²) in [4.78, 5) is 14.9. The Hall–Kier alpha value is -2.98. The number of rotatable bonds is 1. The molecule has 1 amide bonds. The number of halogens is 1. The lowest BCUT2D eigenvalue weighted by atomic mass is 9.88. The van der Waals surface area contributed by atoms with Crippen molar-refractivity contribution in [3.63, 3.8) is 0 Å². The molecule has 3 aromatic carbocycles. The molecular formula is C21H16ClNO3. The molecule has 1 aliphatic rings. The van der Waals surface area contributed by atoms with Crippen LogP contribution >= 0.6 is 11.6 Å². The molecule has 1 heterocycles. The second kappa shape index (κ2) is 6.07. The minimum Gasteiger partial charge on any atom is -0.508 e. The van der Waals surface area contributed by atoms with Gasteiger partial charge in [-0.15, -0.1) is 0 Å². The lowest BCUT2D eigenvalue weighted by Gasteiger charge is -2.37. The van der Waals surface area contributed by atoms with Crippen LogP contribution in [0.25, 0.3) is 11.1 Å². The highest BCUT2D eigenvalue weighted by atomic mass is 35.5. The monoisotopic (exact) mass is 365 g/mol. The van der Waals surface area contributed by atoms with Crippen LogP contribution in [0.5, 0.6) is 11.5 Å². The molecule has 0 radical (unpaired) electrons. The average molecular weight is 366 g/mol. The second-order valence-corrected chi connectivity index (χ2v) is 6.74. The number of hydrogen-bond acceptors (Lipinski definition) is 3. The quantitative estimate of drug-likeness (QED) is 0.627. The molecule has 1 aliphatic heterocycles. The number of carbonyl (C=O) groups is 1. The maximum Gasteiger partial charge on any atom is 0.262 e. The van der Waals surface area contributed by atoms with Gasteiger partial charge in [-0.25, -0.2) is 0 Å². The van der Waals surface area contributed by atoms with Crippen LogP contribution in [0.15, 0.2) is 60.7 Å². The number of hydrogen-bond donors (Lipinski definition) is 2. The summed E-state index contributed by atoms with van der Waals surface area (Å²) < 4.78 is 0. The van der Waals surface area contributed by atoms with Crippen molar-refractivity contribution in [1.82, 2.24) is 0 Å². The first-order valence-corrected chi connectivity index (χ1v) is 8.59. The summed E-state index contributed by atoms with van der Waals surface area (Å²) in [5, 5.41) is 20.2. The zero-order valence-corrected chi connectivity index (χ0v) is 14.7. The molecule has 5 heteroatoms. The van der Waals surface area contributed by atoms with Gasteiger partial charge in [0.2, 0.25) is 0 Å². The first kappa shape index (κ1) is 16.5. The molecule has 0 aromatic heterocycles. The van der Waals surface area contributed by atoms with Crippen LogP contribution in [0.1, 0.15) is 28.9 Å². The van der Waals surface area contributed by atoms with E-state index in [2.05, 4.69) is 0 Å². The van der Waals surface area contributed by atoms with E-state index in [1.807, 2.05) is 37.3 Å². The summed E-state index contributed by atoms with van der Waals surface area (Å²) in [6, 6.07) is 17.1. The fraction of sp³-hybridized carbons (Fsp3) is 0.0952. The molecule has 0 aliphatic carbocycles. The summed E-state index contributed by atoms with van der Waals surface area (Å²) >= 11 is 6.20. The Morgan fingerprint density at radius 1 is 1.00 bits per heavy atom. The van der Waals surface area contributed by atoms with Crippen LogP contribution in [-0.4, -0.2) is 16.1 Å². The highest BCUT2D eigenvalue weighted by Gasteiger charge is 2.33. The minimum absolute atomic E-state index is 0.0977. The summed E-state index contributed by atoms with van der Waals surface area (Å²) in [6.07, 6.45) is 0. The van der Waals surface area contributed by atoms with Gasteiger partial charge in [0.05, 0.1) is 17.3 Å². The zero-order valence-electron chi connectivity index (χ0n) is 14.0. The number of benzene rings is 3. The average Bonchev–Trinajstić information content (AvgIpc) is 2.61. The van der Waals surface area contributed by atoms with Crippen molar-refractivity contribution in [1.29, 1.82) is 0 Å². The van der Waals surface area contributed by atoms with Gasteiger partial charge < -0.3 is 15.1 Å². The van der Waals surface area contributed by atoms with Gasteiger partial charge in [0.15, 0.2) is 0 Å². The molecule has 1 unspecified atom stereocenters. The third-order valence-electron chi connectivity index (χ3n) is 4.74. The minimum atomic E-state index is -0.354. The molecular weight excluding hydrogens is 350 g/mol. The third kappa shape index (κ3) is 2.50. The van der Waals surface area contributed by atoms with Gasteiger partial charge in [-0.3, -0.25) is 4.79 Å². The summed E-state index contributed by atoms with van der Waals surface area (Å²) in [5.41, 5.74) is 3.82. The molecule has 4 rings (SSSR count). The van der Waals surface area contributed by atoms with Gasteiger partial charge in [0.1, 0.15) is 11.5 Å². The third-order valence-corrected chi connectivity index (χ3v) is 4.97. The molecule has 2 N–H and O–H groups in total. The van der Waals surface area contributed by atoms with E-state index in [1.165, 1.54) is 12.1 Å². The van der Waals surface area contributed by atoms with E-state index in [9.17, 15) is 15.0 Å². The standard InChI is InChI=1S/C21H16ClNO3/c1-12-15-4-2-3-5-16(15)17-8-6-13(22)10-19(17)23(12)21(26)18-9-7-14(24)11-20(18)25/h2-12,24-25H,1H3. The highest BCUT2D eigenvalue weighted by molar-refractivity contribution is 6.31. The highest BCUT2D eigenvalue weighted by Crippen LogP contribution is 2.46. The van der Waals surface area contributed by atoms with Crippen molar-refractivity contribution >= 4 is 23.2 Å². The lowest BCUT2D eigenvalue weighted by Crippen LogP contribution is -2.36. The number of anilines is 1. The second-order valence-electron chi connectivity index (χ2n) is 6.30. The summed E-state index contributed by atoms with van der Waals surface area (Å²) in [6.45, 7) is 1.94. The SMILES string of the molecule is CC1c2ccccc2-c2ccc(Cl)cc2N1C(=O)c1ccc(O)cc1O. The van der Waals surface area contributed by atoms with Gasteiger partial charge in [0, 0.05) is 16.7 Å². The number of carbonyl (C=O) groups excluding carboxylic acids is 1.